The SMILES string of the molecule is COc1cccc(CN2CC=C(C(=O)NCc3c(C)cc(C)cc3C)CC2)c1. The van der Waals surface area contributed by atoms with Crippen molar-refractivity contribution in [3.05, 3.63) is 75.9 Å². The predicted molar refractivity (Wildman–Crippen MR) is 113 cm³/mol. The standard InChI is InChI=1S/C24H30N2O2/c1-17-12-18(2)23(19(3)13-17)15-25-24(27)21-8-10-26(11-9-21)16-20-6-5-7-22(14-20)28-4/h5-8,12-14H,9-11,15-16H2,1-4H3,(H,25,27). The maximum absolute atomic E-state index is 12.6. The number of hydrogen-bond acceptors (Lipinski definition) is 3. The van der Waals surface area contributed by atoms with Gasteiger partial charge in [0.2, 0.25) is 5.91 Å². The normalized spacial score (nSPS) is 14.5. The molecule has 0 aliphatic carbocycles. The van der Waals surface area contributed by atoms with Crippen LogP contribution >= 0.6 is 0 Å². The molecule has 2 aromatic carbocycles. The summed E-state index contributed by atoms with van der Waals surface area (Å²) in [6.07, 6.45) is 2.84. The van der Waals surface area contributed by atoms with Crippen LogP contribution in [0.1, 0.15) is 34.2 Å². The number of methoxy groups -OCH3 is 1. The summed E-state index contributed by atoms with van der Waals surface area (Å²) in [6.45, 7) is 9.45. The van der Waals surface area contributed by atoms with Gasteiger partial charge in [-0.3, -0.25) is 9.69 Å². The predicted octanol–water partition coefficient (Wildman–Crippen LogP) is 4.07. The number of benzene rings is 2. The maximum Gasteiger partial charge on any atom is 0.247 e. The molecule has 0 saturated carbocycles. The van der Waals surface area contributed by atoms with Gasteiger partial charge in [0.15, 0.2) is 0 Å². The van der Waals surface area contributed by atoms with Gasteiger partial charge in [-0.1, -0.05) is 35.9 Å². The summed E-state index contributed by atoms with van der Waals surface area (Å²) in [5, 5.41) is 3.11. The van der Waals surface area contributed by atoms with Crippen LogP contribution in [0.4, 0.5) is 0 Å². The fraction of sp³-hybridized carbons (Fsp3) is 0.375. The average Bonchev–Trinajstić information content (AvgIpc) is 2.67. The van der Waals surface area contributed by atoms with Crippen LogP contribution in [-0.2, 0) is 17.9 Å². The van der Waals surface area contributed by atoms with Crippen molar-refractivity contribution in [3.63, 3.8) is 0 Å². The highest BCUT2D eigenvalue weighted by molar-refractivity contribution is 5.93. The second kappa shape index (κ2) is 9.07. The molecule has 2 aromatic rings. The van der Waals surface area contributed by atoms with Crippen molar-refractivity contribution in [2.75, 3.05) is 20.2 Å². The van der Waals surface area contributed by atoms with E-state index < -0.39 is 0 Å². The van der Waals surface area contributed by atoms with E-state index in [1.165, 1.54) is 27.8 Å². The number of rotatable bonds is 6. The van der Waals surface area contributed by atoms with Crippen molar-refractivity contribution in [2.24, 2.45) is 0 Å². The Labute approximate surface area is 168 Å². The largest absolute Gasteiger partial charge is 0.497 e. The summed E-state index contributed by atoms with van der Waals surface area (Å²) in [7, 11) is 1.69. The zero-order valence-electron chi connectivity index (χ0n) is 17.3. The minimum Gasteiger partial charge on any atom is -0.497 e. The molecule has 3 rings (SSSR count). The van der Waals surface area contributed by atoms with E-state index in [4.69, 9.17) is 4.74 Å². The minimum atomic E-state index is 0.0559. The molecule has 1 amide bonds. The monoisotopic (exact) mass is 378 g/mol. The first-order valence-electron chi connectivity index (χ1n) is 9.85. The lowest BCUT2D eigenvalue weighted by Crippen LogP contribution is -2.33. The van der Waals surface area contributed by atoms with Crippen molar-refractivity contribution in [1.29, 1.82) is 0 Å². The van der Waals surface area contributed by atoms with Crippen molar-refractivity contribution in [2.45, 2.75) is 40.3 Å². The Hall–Kier alpha value is -2.59. The molecule has 0 atom stereocenters. The molecule has 0 radical (unpaired) electrons. The number of carbonyl (C=O) groups excluding carboxylic acids is 1. The third kappa shape index (κ3) is 5.02. The first-order valence-corrected chi connectivity index (χ1v) is 9.85. The van der Waals surface area contributed by atoms with Gasteiger partial charge < -0.3 is 10.1 Å². The summed E-state index contributed by atoms with van der Waals surface area (Å²) < 4.78 is 5.30. The third-order valence-corrected chi connectivity index (χ3v) is 5.39. The van der Waals surface area contributed by atoms with E-state index in [0.29, 0.717) is 6.54 Å². The topological polar surface area (TPSA) is 41.6 Å². The second-order valence-corrected chi connectivity index (χ2v) is 7.63. The molecule has 148 valence electrons. The van der Waals surface area contributed by atoms with Crippen LogP contribution in [0.3, 0.4) is 0 Å². The van der Waals surface area contributed by atoms with Gasteiger partial charge in [0.05, 0.1) is 7.11 Å². The van der Waals surface area contributed by atoms with Gasteiger partial charge in [0.25, 0.3) is 0 Å². The molecule has 1 aliphatic heterocycles. The molecule has 0 fully saturated rings. The summed E-state index contributed by atoms with van der Waals surface area (Å²) in [4.78, 5) is 14.9. The van der Waals surface area contributed by atoms with Gasteiger partial charge in [0.1, 0.15) is 5.75 Å². The minimum absolute atomic E-state index is 0.0559. The van der Waals surface area contributed by atoms with Crippen LogP contribution in [0.2, 0.25) is 0 Å². The zero-order chi connectivity index (χ0) is 20.1. The van der Waals surface area contributed by atoms with E-state index in [0.717, 1.165) is 37.4 Å². The first-order chi connectivity index (χ1) is 13.5. The quantitative estimate of drug-likeness (QED) is 0.824. The molecule has 1 N–H and O–H groups in total. The maximum atomic E-state index is 12.6. The molecule has 0 unspecified atom stereocenters. The van der Waals surface area contributed by atoms with Crippen molar-refractivity contribution in [3.8, 4) is 5.75 Å². The van der Waals surface area contributed by atoms with Gasteiger partial charge in [-0.2, -0.15) is 0 Å². The van der Waals surface area contributed by atoms with E-state index in [2.05, 4.69) is 61.3 Å². The number of hydrogen-bond donors (Lipinski definition) is 1. The lowest BCUT2D eigenvalue weighted by atomic mass is 9.99. The molecule has 0 spiro atoms. The molecule has 28 heavy (non-hydrogen) atoms. The summed E-state index contributed by atoms with van der Waals surface area (Å²) in [5.41, 5.74) is 7.07. The van der Waals surface area contributed by atoms with Crippen LogP contribution in [0.15, 0.2) is 48.0 Å². The number of ether oxygens (including phenoxy) is 1. The molecule has 0 aromatic heterocycles. The Morgan fingerprint density at radius 2 is 1.89 bits per heavy atom. The van der Waals surface area contributed by atoms with Gasteiger partial charge in [-0.05, 0) is 61.6 Å². The van der Waals surface area contributed by atoms with E-state index in [-0.39, 0.29) is 5.91 Å². The Balaban J connectivity index is 1.55. The number of nitrogens with zero attached hydrogens (tertiary/aromatic N) is 1. The first kappa shape index (κ1) is 20.2. The van der Waals surface area contributed by atoms with Crippen molar-refractivity contribution in [1.82, 2.24) is 10.2 Å². The zero-order valence-corrected chi connectivity index (χ0v) is 17.3. The van der Waals surface area contributed by atoms with Crippen LogP contribution in [0.25, 0.3) is 0 Å². The fourth-order valence-corrected chi connectivity index (χ4v) is 3.86. The molecule has 1 heterocycles. The molecule has 1 aliphatic rings. The second-order valence-electron chi connectivity index (χ2n) is 7.63. The number of nitrogens with one attached hydrogen (secondary N) is 1. The molecular weight excluding hydrogens is 348 g/mol. The Kier molecular flexibility index (Phi) is 6.53. The summed E-state index contributed by atoms with van der Waals surface area (Å²) in [6, 6.07) is 12.5. The third-order valence-electron chi connectivity index (χ3n) is 5.39. The summed E-state index contributed by atoms with van der Waals surface area (Å²) in [5.74, 6) is 0.937. The molecule has 4 heteroatoms. The number of aryl methyl sites for hydroxylation is 3. The molecule has 0 bridgehead atoms. The van der Waals surface area contributed by atoms with Gasteiger partial charge in [0, 0.05) is 31.8 Å². The smallest absolute Gasteiger partial charge is 0.247 e. The van der Waals surface area contributed by atoms with Crippen LogP contribution in [0, 0.1) is 20.8 Å². The Morgan fingerprint density at radius 3 is 2.54 bits per heavy atom. The fourth-order valence-electron chi connectivity index (χ4n) is 3.86. The summed E-state index contributed by atoms with van der Waals surface area (Å²) >= 11 is 0. The van der Waals surface area contributed by atoms with E-state index in [1.54, 1.807) is 7.11 Å². The number of amides is 1. The van der Waals surface area contributed by atoms with E-state index in [1.807, 2.05) is 12.1 Å². The van der Waals surface area contributed by atoms with Crippen LogP contribution in [0.5, 0.6) is 5.75 Å². The average molecular weight is 379 g/mol. The highest BCUT2D eigenvalue weighted by Gasteiger charge is 2.17. The molecule has 0 saturated heterocycles. The lowest BCUT2D eigenvalue weighted by molar-refractivity contribution is -0.117. The van der Waals surface area contributed by atoms with Gasteiger partial charge in [-0.25, -0.2) is 0 Å². The van der Waals surface area contributed by atoms with E-state index >= 15 is 0 Å². The lowest BCUT2D eigenvalue weighted by Gasteiger charge is -2.26. The Bertz CT molecular complexity index is 863. The van der Waals surface area contributed by atoms with Crippen LogP contribution in [-0.4, -0.2) is 31.0 Å². The van der Waals surface area contributed by atoms with Gasteiger partial charge >= 0.3 is 0 Å². The number of carbonyl (C=O) groups is 1. The van der Waals surface area contributed by atoms with Crippen molar-refractivity contribution < 1.29 is 9.53 Å². The molecule has 4 nitrogen and oxygen atoms in total. The van der Waals surface area contributed by atoms with Gasteiger partial charge in [-0.15, -0.1) is 0 Å². The van der Waals surface area contributed by atoms with Crippen molar-refractivity contribution >= 4 is 5.91 Å². The molecular formula is C24H30N2O2. The Morgan fingerprint density at radius 1 is 1.14 bits per heavy atom. The van der Waals surface area contributed by atoms with Crippen LogP contribution < -0.4 is 10.1 Å². The highest BCUT2D eigenvalue weighted by atomic mass is 16.5. The van der Waals surface area contributed by atoms with E-state index in [9.17, 15) is 4.79 Å². The highest BCUT2D eigenvalue weighted by Crippen LogP contribution is 2.19.